The van der Waals surface area contributed by atoms with Gasteiger partial charge in [-0.2, -0.15) is 5.26 Å². The van der Waals surface area contributed by atoms with Crippen molar-refractivity contribution >= 4 is 46.7 Å². The zero-order chi connectivity index (χ0) is 27.1. The number of carbonyl (C=O) groups excluding carboxylic acids is 3. The average molecular weight is 543 g/mol. The highest BCUT2D eigenvalue weighted by molar-refractivity contribution is 6.35. The van der Waals surface area contributed by atoms with E-state index in [1.54, 1.807) is 36.2 Å². The summed E-state index contributed by atoms with van der Waals surface area (Å²) in [5, 5.41) is 9.84. The second-order valence-corrected chi connectivity index (χ2v) is 11.6. The summed E-state index contributed by atoms with van der Waals surface area (Å²) in [6.45, 7) is 1.19. The molecule has 0 aromatic heterocycles. The number of rotatable bonds is 6. The molecule has 0 saturated carbocycles. The number of quaternary nitrogens is 1. The fraction of sp³-hybridized carbons (Fsp3) is 0.407. The van der Waals surface area contributed by atoms with Gasteiger partial charge in [-0.05, 0) is 35.9 Å². The number of benzene rings is 2. The first-order chi connectivity index (χ1) is 17.4. The van der Waals surface area contributed by atoms with Crippen molar-refractivity contribution in [3.8, 4) is 6.07 Å². The molecule has 0 N–H and O–H groups in total. The molecule has 0 bridgehead atoms. The number of amides is 4. The SMILES string of the molecule is CN1C(=O)N(c2cc(Cl)cc(Cl)c2)C(=O)C12CN(C(=O)CCC[N+](C)(C)C)CC2c1ccc(C#N)cc1. The molecule has 2 heterocycles. The van der Waals surface area contributed by atoms with Crippen LogP contribution in [0.15, 0.2) is 42.5 Å². The highest BCUT2D eigenvalue weighted by Gasteiger charge is 2.64. The Bertz CT molecular complexity index is 1260. The average Bonchev–Trinajstić information content (AvgIpc) is 3.31. The third kappa shape index (κ3) is 5.04. The van der Waals surface area contributed by atoms with Gasteiger partial charge < -0.3 is 14.3 Å². The second-order valence-electron chi connectivity index (χ2n) is 10.7. The Balaban J connectivity index is 1.73. The van der Waals surface area contributed by atoms with Crippen molar-refractivity contribution in [2.45, 2.75) is 24.3 Å². The molecule has 194 valence electrons. The van der Waals surface area contributed by atoms with Crippen LogP contribution in [0.4, 0.5) is 10.5 Å². The zero-order valence-electron chi connectivity index (χ0n) is 21.4. The number of nitriles is 1. The van der Waals surface area contributed by atoms with Crippen LogP contribution < -0.4 is 4.90 Å². The van der Waals surface area contributed by atoms with Gasteiger partial charge in [-0.3, -0.25) is 9.59 Å². The Hall–Kier alpha value is -3.12. The van der Waals surface area contributed by atoms with Crippen LogP contribution in [0.1, 0.15) is 29.9 Å². The Morgan fingerprint density at radius 2 is 1.73 bits per heavy atom. The minimum Gasteiger partial charge on any atom is -0.339 e. The monoisotopic (exact) mass is 542 g/mol. The molecule has 2 aliphatic rings. The molecule has 0 radical (unpaired) electrons. The smallest absolute Gasteiger partial charge is 0.332 e. The predicted octanol–water partition coefficient (Wildman–Crippen LogP) is 4.11. The van der Waals surface area contributed by atoms with Crippen molar-refractivity contribution in [2.24, 2.45) is 0 Å². The Labute approximate surface area is 227 Å². The molecule has 2 aliphatic heterocycles. The minimum atomic E-state index is -1.31. The number of hydrogen-bond donors (Lipinski definition) is 0. The number of halogens is 2. The highest BCUT2D eigenvalue weighted by Crippen LogP contribution is 2.46. The Morgan fingerprint density at radius 3 is 2.30 bits per heavy atom. The van der Waals surface area contributed by atoms with Crippen LogP contribution in [0.2, 0.25) is 10.0 Å². The van der Waals surface area contributed by atoms with E-state index in [-0.39, 0.29) is 24.7 Å². The van der Waals surface area contributed by atoms with Crippen LogP contribution in [0, 0.1) is 11.3 Å². The van der Waals surface area contributed by atoms with E-state index >= 15 is 0 Å². The molecule has 1 spiro atoms. The third-order valence-electron chi connectivity index (χ3n) is 7.18. The summed E-state index contributed by atoms with van der Waals surface area (Å²) < 4.78 is 0.748. The first-order valence-electron chi connectivity index (χ1n) is 12.0. The number of likely N-dealkylation sites (N-methyl/N-ethyl adjacent to an activating group) is 1. The quantitative estimate of drug-likeness (QED) is 0.406. The summed E-state index contributed by atoms with van der Waals surface area (Å²) in [7, 11) is 7.81. The van der Waals surface area contributed by atoms with Crippen molar-refractivity contribution in [3.05, 3.63) is 63.6 Å². The van der Waals surface area contributed by atoms with Crippen LogP contribution in [0.3, 0.4) is 0 Å². The molecular formula is C27H30Cl2N5O3+. The van der Waals surface area contributed by atoms with E-state index < -0.39 is 23.4 Å². The number of imide groups is 1. The van der Waals surface area contributed by atoms with Crippen LogP contribution in [-0.4, -0.2) is 85.5 Å². The van der Waals surface area contributed by atoms with Gasteiger partial charge in [0.25, 0.3) is 5.91 Å². The molecule has 2 atom stereocenters. The highest BCUT2D eigenvalue weighted by atomic mass is 35.5. The topological polar surface area (TPSA) is 84.7 Å². The standard InChI is InChI=1S/C27H30Cl2N5O3/c1-31-26(37)33(22-13-20(28)12-21(29)14-22)25(36)27(31)17-32(24(35)6-5-11-34(2,3)4)16-23(27)19-9-7-18(15-30)8-10-19/h7-10,12-14,23H,5-6,11,16-17H2,1-4H3/q+1. The molecule has 4 rings (SSSR count). The molecule has 4 amide bonds. The van der Waals surface area contributed by atoms with E-state index in [2.05, 4.69) is 27.2 Å². The van der Waals surface area contributed by atoms with E-state index in [0.29, 0.717) is 28.5 Å². The number of carbonyl (C=O) groups is 3. The minimum absolute atomic E-state index is 0.0538. The lowest BCUT2D eigenvalue weighted by Gasteiger charge is -2.33. The molecule has 8 nitrogen and oxygen atoms in total. The van der Waals surface area contributed by atoms with E-state index in [1.807, 2.05) is 0 Å². The first-order valence-corrected chi connectivity index (χ1v) is 12.8. The van der Waals surface area contributed by atoms with Gasteiger partial charge in [-0.25, -0.2) is 9.69 Å². The third-order valence-corrected chi connectivity index (χ3v) is 7.62. The maximum Gasteiger partial charge on any atom is 0.332 e. The molecule has 2 fully saturated rings. The first kappa shape index (κ1) is 26.9. The molecular weight excluding hydrogens is 513 g/mol. The van der Waals surface area contributed by atoms with Crippen molar-refractivity contribution in [3.63, 3.8) is 0 Å². The summed E-state index contributed by atoms with van der Waals surface area (Å²) in [6.07, 6.45) is 1.06. The summed E-state index contributed by atoms with van der Waals surface area (Å²) in [5.41, 5.74) is 0.235. The molecule has 0 aliphatic carbocycles. The number of likely N-dealkylation sites (tertiary alicyclic amines) is 1. The molecule has 2 aromatic carbocycles. The normalized spacial score (nSPS) is 21.8. The largest absolute Gasteiger partial charge is 0.339 e. The van der Waals surface area contributed by atoms with E-state index in [1.165, 1.54) is 23.1 Å². The van der Waals surface area contributed by atoms with E-state index in [0.717, 1.165) is 21.5 Å². The van der Waals surface area contributed by atoms with Gasteiger partial charge in [0.2, 0.25) is 5.91 Å². The van der Waals surface area contributed by atoms with Crippen LogP contribution >= 0.6 is 23.2 Å². The maximum atomic E-state index is 14.2. The number of anilines is 1. The lowest BCUT2D eigenvalue weighted by atomic mass is 9.80. The van der Waals surface area contributed by atoms with Gasteiger partial charge in [0.15, 0.2) is 0 Å². The van der Waals surface area contributed by atoms with Crippen LogP contribution in [0.25, 0.3) is 0 Å². The zero-order valence-corrected chi connectivity index (χ0v) is 22.9. The molecule has 2 unspecified atom stereocenters. The van der Waals surface area contributed by atoms with Crippen LogP contribution in [-0.2, 0) is 9.59 Å². The fourth-order valence-corrected chi connectivity index (χ4v) is 5.77. The molecule has 2 saturated heterocycles. The van der Waals surface area contributed by atoms with E-state index in [9.17, 15) is 19.6 Å². The summed E-state index contributed by atoms with van der Waals surface area (Å²) >= 11 is 12.4. The number of nitrogens with zero attached hydrogens (tertiary/aromatic N) is 5. The van der Waals surface area contributed by atoms with Crippen molar-refractivity contribution in [1.82, 2.24) is 9.80 Å². The van der Waals surface area contributed by atoms with Crippen molar-refractivity contribution in [1.29, 1.82) is 5.26 Å². The van der Waals surface area contributed by atoms with Gasteiger partial charge in [0, 0.05) is 42.4 Å². The Morgan fingerprint density at radius 1 is 1.11 bits per heavy atom. The predicted molar refractivity (Wildman–Crippen MR) is 142 cm³/mol. The summed E-state index contributed by atoms with van der Waals surface area (Å²) in [6, 6.07) is 13.1. The van der Waals surface area contributed by atoms with Crippen molar-refractivity contribution < 1.29 is 18.9 Å². The summed E-state index contributed by atoms with van der Waals surface area (Å²) in [5.74, 6) is -0.972. The van der Waals surface area contributed by atoms with Crippen molar-refractivity contribution in [2.75, 3.05) is 52.7 Å². The summed E-state index contributed by atoms with van der Waals surface area (Å²) in [4.78, 5) is 45.2. The van der Waals surface area contributed by atoms with E-state index in [4.69, 9.17) is 23.2 Å². The fourth-order valence-electron chi connectivity index (χ4n) is 5.26. The second kappa shape index (κ2) is 9.97. The Kier molecular flexibility index (Phi) is 7.26. The molecule has 37 heavy (non-hydrogen) atoms. The number of hydrogen-bond acceptors (Lipinski definition) is 4. The van der Waals surface area contributed by atoms with Gasteiger partial charge >= 0.3 is 6.03 Å². The van der Waals surface area contributed by atoms with Gasteiger partial charge in [0.1, 0.15) is 5.54 Å². The lowest BCUT2D eigenvalue weighted by Crippen LogP contribution is -2.54. The number of urea groups is 1. The van der Waals surface area contributed by atoms with Gasteiger partial charge in [0.05, 0.1) is 51.6 Å². The maximum absolute atomic E-state index is 14.2. The molecule has 10 heteroatoms. The van der Waals surface area contributed by atoms with Gasteiger partial charge in [-0.15, -0.1) is 0 Å². The lowest BCUT2D eigenvalue weighted by molar-refractivity contribution is -0.870. The molecule has 2 aromatic rings. The van der Waals surface area contributed by atoms with Crippen LogP contribution in [0.5, 0.6) is 0 Å². The van der Waals surface area contributed by atoms with Gasteiger partial charge in [-0.1, -0.05) is 35.3 Å².